The fourth-order valence-electron chi connectivity index (χ4n) is 1.49. The van der Waals surface area contributed by atoms with Gasteiger partial charge >= 0.3 is 0 Å². The van der Waals surface area contributed by atoms with E-state index in [1.165, 1.54) is 24.7 Å². The van der Waals surface area contributed by atoms with Crippen LogP contribution >= 0.6 is 0 Å². The molecule has 110 valence electrons. The van der Waals surface area contributed by atoms with Crippen LogP contribution in [0.4, 0.5) is 0 Å². The van der Waals surface area contributed by atoms with Crippen LogP contribution in [-0.4, -0.2) is 47.4 Å². The van der Waals surface area contributed by atoms with Gasteiger partial charge in [0, 0.05) is 46.8 Å². The Labute approximate surface area is 121 Å². The fraction of sp³-hybridized carbons (Fsp3) is 0.417. The van der Waals surface area contributed by atoms with Crippen molar-refractivity contribution in [1.29, 1.82) is 0 Å². The summed E-state index contributed by atoms with van der Waals surface area (Å²) in [6.45, 7) is 1.33. The number of rotatable bonds is 5. The maximum absolute atomic E-state index is 12.1. The monoisotopic (exact) mass is 316 g/mol. The Morgan fingerprint density at radius 1 is 1.50 bits per heavy atom. The average molecular weight is 316 g/mol. The molecule has 2 N–H and O–H groups in total. The molecule has 1 heterocycles. The van der Waals surface area contributed by atoms with Crippen molar-refractivity contribution in [3.63, 3.8) is 0 Å². The molecular formula is C12H16N2O4S2. The topological polar surface area (TPSA) is 96.4 Å². The van der Waals surface area contributed by atoms with E-state index in [4.69, 9.17) is 5.11 Å². The summed E-state index contributed by atoms with van der Waals surface area (Å²) in [6, 6.07) is 0.922. The summed E-state index contributed by atoms with van der Waals surface area (Å²) in [5.41, 5.74) is 0.397. The molecule has 0 aliphatic rings. The van der Waals surface area contributed by atoms with E-state index < -0.39 is 26.9 Å². The van der Waals surface area contributed by atoms with Gasteiger partial charge in [0.25, 0.3) is 0 Å². The Hall–Kier alpha value is -1.27. The Morgan fingerprint density at radius 3 is 2.80 bits per heavy atom. The highest BCUT2D eigenvalue weighted by Gasteiger charge is 2.18. The molecule has 2 atom stereocenters. The summed E-state index contributed by atoms with van der Waals surface area (Å²) >= 11 is 0. The smallest absolute Gasteiger partial charge is 0.242 e. The molecule has 6 nitrogen and oxygen atoms in total. The third-order valence-electron chi connectivity index (χ3n) is 2.18. The summed E-state index contributed by atoms with van der Waals surface area (Å²) in [5.74, 6) is 5.24. The Balaban J connectivity index is 2.95. The molecule has 0 amide bonds. The second-order valence-corrected chi connectivity index (χ2v) is 7.33. The van der Waals surface area contributed by atoms with Crippen LogP contribution in [0.15, 0.2) is 23.4 Å². The zero-order valence-electron chi connectivity index (χ0n) is 11.2. The second kappa shape index (κ2) is 7.50. The molecule has 0 radical (unpaired) electrons. The average Bonchev–Trinajstić information content (AvgIpc) is 2.35. The number of nitrogens with one attached hydrogen (secondary N) is 1. The van der Waals surface area contributed by atoms with E-state index in [0.717, 1.165) is 0 Å². The number of pyridine rings is 1. The lowest BCUT2D eigenvalue weighted by atomic mass is 10.3. The van der Waals surface area contributed by atoms with Crippen molar-refractivity contribution in [3.05, 3.63) is 24.0 Å². The molecule has 0 saturated heterocycles. The molecule has 8 heteroatoms. The third kappa shape index (κ3) is 5.38. The fourth-order valence-corrected chi connectivity index (χ4v) is 3.62. The van der Waals surface area contributed by atoms with Crippen LogP contribution in [0.3, 0.4) is 0 Å². The van der Waals surface area contributed by atoms with Crippen LogP contribution in [0.1, 0.15) is 12.5 Å². The normalized spacial score (nSPS) is 14.2. The molecule has 1 aromatic rings. The van der Waals surface area contributed by atoms with Gasteiger partial charge in [-0.3, -0.25) is 9.19 Å². The zero-order chi connectivity index (χ0) is 15.2. The number of hydrogen-bond acceptors (Lipinski definition) is 5. The van der Waals surface area contributed by atoms with Gasteiger partial charge in [-0.15, -0.1) is 0 Å². The van der Waals surface area contributed by atoms with Crippen LogP contribution in [0.25, 0.3) is 0 Å². The molecule has 0 aliphatic heterocycles. The summed E-state index contributed by atoms with van der Waals surface area (Å²) in [7, 11) is -4.82. The first kappa shape index (κ1) is 16.8. The van der Waals surface area contributed by atoms with Crippen molar-refractivity contribution < 1.29 is 17.7 Å². The second-order valence-electron chi connectivity index (χ2n) is 4.13. The largest absolute Gasteiger partial charge is 0.384 e. The van der Waals surface area contributed by atoms with Gasteiger partial charge in [-0.25, -0.2) is 13.1 Å². The molecule has 0 aromatic carbocycles. The molecular weight excluding hydrogens is 300 g/mol. The molecule has 0 aliphatic carbocycles. The SMILES string of the molecule is CC(CS(C)=O)NS(=O)(=O)c1cncc(C#CCO)c1. The first-order chi connectivity index (χ1) is 9.35. The van der Waals surface area contributed by atoms with E-state index in [0.29, 0.717) is 5.56 Å². The standard InChI is InChI=1S/C12H16N2O4S2/c1-10(9-19(2)16)14-20(17,18)12-6-11(4-3-5-15)7-13-8-12/h6-8,10,14-15H,5,9H2,1-2H3. The molecule has 0 bridgehead atoms. The number of nitrogens with zero attached hydrogens (tertiary/aromatic N) is 1. The summed E-state index contributed by atoms with van der Waals surface area (Å²) in [4.78, 5) is 3.79. The van der Waals surface area contributed by atoms with Gasteiger partial charge in [-0.2, -0.15) is 0 Å². The van der Waals surface area contributed by atoms with E-state index in [2.05, 4.69) is 21.5 Å². The molecule has 0 spiro atoms. The van der Waals surface area contributed by atoms with E-state index in [-0.39, 0.29) is 17.3 Å². The summed E-state index contributed by atoms with van der Waals surface area (Å²) in [5, 5.41) is 8.61. The van der Waals surface area contributed by atoms with Gasteiger partial charge in [0.1, 0.15) is 11.5 Å². The van der Waals surface area contributed by atoms with Crippen molar-refractivity contribution in [1.82, 2.24) is 9.71 Å². The lowest BCUT2D eigenvalue weighted by Gasteiger charge is -2.12. The summed E-state index contributed by atoms with van der Waals surface area (Å²) in [6.07, 6.45) is 4.13. The number of hydrogen-bond donors (Lipinski definition) is 2. The van der Waals surface area contributed by atoms with Crippen molar-refractivity contribution in [2.24, 2.45) is 0 Å². The molecule has 2 unspecified atom stereocenters. The Bertz CT molecular complexity index is 647. The minimum atomic E-state index is -3.73. The van der Waals surface area contributed by atoms with Gasteiger partial charge in [-0.1, -0.05) is 11.8 Å². The molecule has 0 fully saturated rings. The summed E-state index contributed by atoms with van der Waals surface area (Å²) < 4.78 is 37.7. The van der Waals surface area contributed by atoms with E-state index in [1.54, 1.807) is 6.92 Å². The predicted molar refractivity (Wildman–Crippen MR) is 76.9 cm³/mol. The van der Waals surface area contributed by atoms with Crippen molar-refractivity contribution in [3.8, 4) is 11.8 Å². The number of aromatic nitrogens is 1. The number of sulfonamides is 1. The zero-order valence-corrected chi connectivity index (χ0v) is 12.8. The van der Waals surface area contributed by atoms with Gasteiger partial charge in [-0.05, 0) is 13.0 Å². The minimum absolute atomic E-state index is 0.0176. The minimum Gasteiger partial charge on any atom is -0.384 e. The molecule has 20 heavy (non-hydrogen) atoms. The van der Waals surface area contributed by atoms with Crippen LogP contribution in [0, 0.1) is 11.8 Å². The Kier molecular flexibility index (Phi) is 6.29. The van der Waals surface area contributed by atoms with Crippen LogP contribution in [0.2, 0.25) is 0 Å². The lowest BCUT2D eigenvalue weighted by Crippen LogP contribution is -2.36. The van der Waals surface area contributed by atoms with Crippen molar-refractivity contribution in [2.45, 2.75) is 17.9 Å². The molecule has 1 aromatic heterocycles. The van der Waals surface area contributed by atoms with Crippen LogP contribution in [0.5, 0.6) is 0 Å². The highest BCUT2D eigenvalue weighted by molar-refractivity contribution is 7.89. The maximum Gasteiger partial charge on any atom is 0.242 e. The van der Waals surface area contributed by atoms with E-state index >= 15 is 0 Å². The van der Waals surface area contributed by atoms with Crippen LogP contribution in [-0.2, 0) is 20.8 Å². The Morgan fingerprint density at radius 2 is 2.20 bits per heavy atom. The van der Waals surface area contributed by atoms with E-state index in [1.807, 2.05) is 0 Å². The first-order valence-electron chi connectivity index (χ1n) is 5.72. The molecule has 1 rings (SSSR count). The van der Waals surface area contributed by atoms with Gasteiger partial charge < -0.3 is 5.11 Å². The highest BCUT2D eigenvalue weighted by Crippen LogP contribution is 2.09. The predicted octanol–water partition coefficient (Wildman–Crippen LogP) is -0.529. The van der Waals surface area contributed by atoms with Gasteiger partial charge in [0.2, 0.25) is 10.0 Å². The van der Waals surface area contributed by atoms with Gasteiger partial charge in [0.05, 0.1) is 0 Å². The molecule has 0 saturated carbocycles. The van der Waals surface area contributed by atoms with Crippen molar-refractivity contribution in [2.75, 3.05) is 18.6 Å². The number of aliphatic hydroxyl groups is 1. The van der Waals surface area contributed by atoms with Crippen molar-refractivity contribution >= 4 is 20.8 Å². The third-order valence-corrected chi connectivity index (χ3v) is 4.70. The lowest BCUT2D eigenvalue weighted by molar-refractivity contribution is 0.350. The quantitative estimate of drug-likeness (QED) is 0.712. The maximum atomic E-state index is 12.1. The van der Waals surface area contributed by atoms with E-state index in [9.17, 15) is 12.6 Å². The number of aliphatic hydroxyl groups excluding tert-OH is 1. The first-order valence-corrected chi connectivity index (χ1v) is 8.93. The van der Waals surface area contributed by atoms with Crippen LogP contribution < -0.4 is 4.72 Å². The van der Waals surface area contributed by atoms with Gasteiger partial charge in [0.15, 0.2) is 0 Å². The highest BCUT2D eigenvalue weighted by atomic mass is 32.2.